The van der Waals surface area contributed by atoms with Crippen molar-refractivity contribution in [3.8, 4) is 5.06 Å². The summed E-state index contributed by atoms with van der Waals surface area (Å²) < 4.78 is 4.97. The zero-order chi connectivity index (χ0) is 11.3. The van der Waals surface area contributed by atoms with Crippen LogP contribution in [-0.4, -0.2) is 30.6 Å². The number of amides is 1. The van der Waals surface area contributed by atoms with Gasteiger partial charge in [-0.05, 0) is 12.1 Å². The van der Waals surface area contributed by atoms with Gasteiger partial charge in [0.05, 0.1) is 13.5 Å². The molecule has 0 radical (unpaired) electrons. The topological polar surface area (TPSA) is 75.6 Å². The number of nitrogens with one attached hydrogen (secondary N) is 1. The lowest BCUT2D eigenvalue weighted by Gasteiger charge is -1.99. The Hall–Kier alpha value is -1.56. The van der Waals surface area contributed by atoms with Crippen LogP contribution in [0.1, 0.15) is 4.88 Å². The van der Waals surface area contributed by atoms with Gasteiger partial charge in [0.2, 0.25) is 5.91 Å². The number of ether oxygens (including phenoxy) is 1. The molecule has 6 heteroatoms. The number of aliphatic carboxylic acids is 1. The molecular formula is C9H11NO4S. The summed E-state index contributed by atoms with van der Waals surface area (Å²) in [6.45, 7) is -0.346. The summed E-state index contributed by atoms with van der Waals surface area (Å²) in [4.78, 5) is 22.2. The van der Waals surface area contributed by atoms with Crippen molar-refractivity contribution in [3.63, 3.8) is 0 Å². The van der Waals surface area contributed by atoms with Crippen molar-refractivity contribution in [2.75, 3.05) is 13.7 Å². The monoisotopic (exact) mass is 229 g/mol. The van der Waals surface area contributed by atoms with Crippen LogP contribution in [0.2, 0.25) is 0 Å². The van der Waals surface area contributed by atoms with Crippen LogP contribution in [0.3, 0.4) is 0 Å². The highest BCUT2D eigenvalue weighted by atomic mass is 32.1. The van der Waals surface area contributed by atoms with Crippen LogP contribution in [0, 0.1) is 0 Å². The molecule has 1 heterocycles. The van der Waals surface area contributed by atoms with E-state index in [9.17, 15) is 9.59 Å². The number of thiophene rings is 1. The fraction of sp³-hybridized carbons (Fsp3) is 0.333. The number of hydrogen-bond acceptors (Lipinski definition) is 4. The second-order valence-corrected chi connectivity index (χ2v) is 3.90. The molecule has 0 spiro atoms. The smallest absolute Gasteiger partial charge is 0.322 e. The lowest BCUT2D eigenvalue weighted by molar-refractivity contribution is -0.137. The normalized spacial score (nSPS) is 9.67. The number of hydrogen-bond donors (Lipinski definition) is 2. The van der Waals surface area contributed by atoms with Gasteiger partial charge >= 0.3 is 5.97 Å². The van der Waals surface area contributed by atoms with E-state index in [1.165, 1.54) is 11.3 Å². The van der Waals surface area contributed by atoms with E-state index in [0.717, 1.165) is 9.94 Å². The fourth-order valence-corrected chi connectivity index (χ4v) is 1.78. The van der Waals surface area contributed by atoms with E-state index >= 15 is 0 Å². The Morgan fingerprint density at radius 1 is 1.53 bits per heavy atom. The molecule has 0 fully saturated rings. The van der Waals surface area contributed by atoms with Gasteiger partial charge in [0.25, 0.3) is 0 Å². The zero-order valence-electron chi connectivity index (χ0n) is 8.15. The number of methoxy groups -OCH3 is 1. The molecule has 1 amide bonds. The molecule has 1 aromatic heterocycles. The first-order chi connectivity index (χ1) is 7.11. The number of carbonyl (C=O) groups is 2. The maximum atomic E-state index is 11.2. The standard InChI is InChI=1S/C9H11NO4S/c1-14-9-3-2-6(15-9)4-7(11)10-5-8(12)13/h2-3H,4-5H2,1H3,(H,10,11)(H,12,13). The molecule has 15 heavy (non-hydrogen) atoms. The van der Waals surface area contributed by atoms with E-state index in [-0.39, 0.29) is 18.9 Å². The van der Waals surface area contributed by atoms with Gasteiger partial charge in [-0.15, -0.1) is 11.3 Å². The molecule has 0 saturated heterocycles. The average Bonchev–Trinajstić information content (AvgIpc) is 2.62. The first-order valence-electron chi connectivity index (χ1n) is 4.23. The third-order valence-corrected chi connectivity index (χ3v) is 2.66. The van der Waals surface area contributed by atoms with Gasteiger partial charge in [0.1, 0.15) is 6.54 Å². The van der Waals surface area contributed by atoms with Gasteiger partial charge in [0.15, 0.2) is 5.06 Å². The fourth-order valence-electron chi connectivity index (χ4n) is 0.958. The highest BCUT2D eigenvalue weighted by Gasteiger charge is 2.07. The molecule has 0 aromatic carbocycles. The minimum atomic E-state index is -1.05. The molecular weight excluding hydrogens is 218 g/mol. The molecule has 0 saturated carbocycles. The predicted molar refractivity (Wildman–Crippen MR) is 55.2 cm³/mol. The van der Waals surface area contributed by atoms with Gasteiger partial charge in [-0.1, -0.05) is 0 Å². The molecule has 0 aliphatic carbocycles. The summed E-state index contributed by atoms with van der Waals surface area (Å²) in [7, 11) is 1.56. The second kappa shape index (κ2) is 5.35. The van der Waals surface area contributed by atoms with Crippen LogP contribution in [0.15, 0.2) is 12.1 Å². The minimum Gasteiger partial charge on any atom is -0.487 e. The molecule has 82 valence electrons. The summed E-state index contributed by atoms with van der Waals surface area (Å²) in [5.74, 6) is -1.35. The quantitative estimate of drug-likeness (QED) is 0.771. The lowest BCUT2D eigenvalue weighted by Crippen LogP contribution is -2.30. The van der Waals surface area contributed by atoms with Crippen molar-refractivity contribution in [2.45, 2.75) is 6.42 Å². The molecule has 0 aliphatic heterocycles. The maximum Gasteiger partial charge on any atom is 0.322 e. The Morgan fingerprint density at radius 3 is 2.80 bits per heavy atom. The van der Waals surface area contributed by atoms with Crippen LogP contribution in [0.25, 0.3) is 0 Å². The summed E-state index contributed by atoms with van der Waals surface area (Å²) in [5, 5.41) is 11.4. The van der Waals surface area contributed by atoms with E-state index in [1.54, 1.807) is 19.2 Å². The van der Waals surface area contributed by atoms with Crippen LogP contribution < -0.4 is 10.1 Å². The van der Waals surface area contributed by atoms with Crippen molar-refractivity contribution in [1.29, 1.82) is 0 Å². The average molecular weight is 229 g/mol. The maximum absolute atomic E-state index is 11.2. The van der Waals surface area contributed by atoms with E-state index < -0.39 is 5.97 Å². The van der Waals surface area contributed by atoms with Crippen LogP contribution in [0.5, 0.6) is 5.06 Å². The highest BCUT2D eigenvalue weighted by molar-refractivity contribution is 7.13. The Labute approximate surface area is 90.7 Å². The van der Waals surface area contributed by atoms with Gasteiger partial charge in [-0.25, -0.2) is 0 Å². The van der Waals surface area contributed by atoms with E-state index in [1.807, 2.05) is 0 Å². The van der Waals surface area contributed by atoms with Gasteiger partial charge in [-0.2, -0.15) is 0 Å². The Bertz CT molecular complexity index is 361. The molecule has 2 N–H and O–H groups in total. The van der Waals surface area contributed by atoms with Gasteiger partial charge in [0, 0.05) is 4.88 Å². The molecule has 0 unspecified atom stereocenters. The summed E-state index contributed by atoms with van der Waals surface area (Å²) in [6.07, 6.45) is 0.182. The Balaban J connectivity index is 2.40. The Kier molecular flexibility index (Phi) is 4.11. The third kappa shape index (κ3) is 3.99. The van der Waals surface area contributed by atoms with E-state index in [0.29, 0.717) is 0 Å². The minimum absolute atomic E-state index is 0.182. The number of carboxylic acids is 1. The van der Waals surface area contributed by atoms with E-state index in [2.05, 4.69) is 5.32 Å². The molecule has 1 aromatic rings. The first-order valence-corrected chi connectivity index (χ1v) is 5.04. The van der Waals surface area contributed by atoms with E-state index in [4.69, 9.17) is 9.84 Å². The lowest BCUT2D eigenvalue weighted by atomic mass is 10.3. The largest absolute Gasteiger partial charge is 0.487 e. The summed E-state index contributed by atoms with van der Waals surface area (Å²) in [6, 6.07) is 3.55. The van der Waals surface area contributed by atoms with Crippen molar-refractivity contribution in [2.24, 2.45) is 0 Å². The van der Waals surface area contributed by atoms with Crippen molar-refractivity contribution >= 4 is 23.2 Å². The Morgan fingerprint density at radius 2 is 2.27 bits per heavy atom. The van der Waals surface area contributed by atoms with Crippen LogP contribution in [0.4, 0.5) is 0 Å². The highest BCUT2D eigenvalue weighted by Crippen LogP contribution is 2.23. The molecule has 1 rings (SSSR count). The SMILES string of the molecule is COc1ccc(CC(=O)NCC(=O)O)s1. The van der Waals surface area contributed by atoms with Crippen molar-refractivity contribution in [1.82, 2.24) is 5.32 Å². The molecule has 0 atom stereocenters. The molecule has 0 aliphatic rings. The molecule has 5 nitrogen and oxygen atoms in total. The van der Waals surface area contributed by atoms with Crippen LogP contribution >= 0.6 is 11.3 Å². The number of carbonyl (C=O) groups excluding carboxylic acids is 1. The third-order valence-electron chi connectivity index (χ3n) is 1.61. The van der Waals surface area contributed by atoms with Crippen LogP contribution in [-0.2, 0) is 16.0 Å². The predicted octanol–water partition coefficient (Wildman–Crippen LogP) is 0.500. The zero-order valence-corrected chi connectivity index (χ0v) is 8.97. The van der Waals surface area contributed by atoms with Crippen molar-refractivity contribution < 1.29 is 19.4 Å². The second-order valence-electron chi connectivity index (χ2n) is 2.77. The molecule has 0 bridgehead atoms. The van der Waals surface area contributed by atoms with Gasteiger partial charge < -0.3 is 15.2 Å². The summed E-state index contributed by atoms with van der Waals surface area (Å²) >= 11 is 1.36. The number of carboxylic acid groups (broad SMARTS) is 1. The van der Waals surface area contributed by atoms with Crippen molar-refractivity contribution in [3.05, 3.63) is 17.0 Å². The summed E-state index contributed by atoms with van der Waals surface area (Å²) in [5.41, 5.74) is 0. The first kappa shape index (κ1) is 11.5. The number of rotatable bonds is 5. The van der Waals surface area contributed by atoms with Gasteiger partial charge in [-0.3, -0.25) is 9.59 Å².